The van der Waals surface area contributed by atoms with Crippen molar-refractivity contribution in [3.63, 3.8) is 0 Å². The van der Waals surface area contributed by atoms with E-state index in [1.165, 1.54) is 0 Å². The maximum atomic E-state index is 12.9. The summed E-state index contributed by atoms with van der Waals surface area (Å²) in [6, 6.07) is 3.74. The molecule has 1 aromatic carbocycles. The SMILES string of the molecule is Cc1c(C)c(C)c(S(=O)(=O)NCCC(=O)NCc2ccnc(N(C)C)c2)c(C)c1C. The van der Waals surface area contributed by atoms with Gasteiger partial charge in [0.15, 0.2) is 0 Å². The standard InChI is InChI=1S/C22H32N4O3S/c1-14-15(2)17(4)22(18(5)16(14)3)30(28,29)25-11-9-21(27)24-13-19-8-10-23-20(12-19)26(6)7/h8,10,12,25H,9,11,13H2,1-7H3,(H,24,27). The summed E-state index contributed by atoms with van der Waals surface area (Å²) in [7, 11) is 0.0950. The topological polar surface area (TPSA) is 91.4 Å². The van der Waals surface area contributed by atoms with E-state index < -0.39 is 10.0 Å². The van der Waals surface area contributed by atoms with Gasteiger partial charge in [-0.1, -0.05) is 0 Å². The second kappa shape index (κ2) is 9.57. The van der Waals surface area contributed by atoms with Crippen molar-refractivity contribution < 1.29 is 13.2 Å². The third-order valence-corrected chi connectivity index (χ3v) is 7.34. The molecule has 0 radical (unpaired) electrons. The van der Waals surface area contributed by atoms with Gasteiger partial charge < -0.3 is 10.2 Å². The maximum Gasteiger partial charge on any atom is 0.241 e. The van der Waals surface area contributed by atoms with Gasteiger partial charge in [-0.05, 0) is 80.1 Å². The Hall–Kier alpha value is -2.45. The molecule has 30 heavy (non-hydrogen) atoms. The van der Waals surface area contributed by atoms with Gasteiger partial charge in [-0.3, -0.25) is 4.79 Å². The second-order valence-corrected chi connectivity index (χ2v) is 9.50. The second-order valence-electron chi connectivity index (χ2n) is 7.80. The van der Waals surface area contributed by atoms with E-state index in [4.69, 9.17) is 0 Å². The molecule has 1 amide bonds. The van der Waals surface area contributed by atoms with E-state index in [9.17, 15) is 13.2 Å². The fraction of sp³-hybridized carbons (Fsp3) is 0.455. The number of amides is 1. The normalized spacial score (nSPS) is 11.4. The molecule has 1 aromatic heterocycles. The minimum Gasteiger partial charge on any atom is -0.363 e. The summed E-state index contributed by atoms with van der Waals surface area (Å²) in [6.07, 6.45) is 1.76. The van der Waals surface area contributed by atoms with Gasteiger partial charge >= 0.3 is 0 Å². The van der Waals surface area contributed by atoms with E-state index in [1.807, 2.05) is 65.7 Å². The zero-order valence-electron chi connectivity index (χ0n) is 18.9. The van der Waals surface area contributed by atoms with Gasteiger partial charge in [0.25, 0.3) is 0 Å². The number of anilines is 1. The lowest BCUT2D eigenvalue weighted by atomic mass is 9.95. The Kier molecular flexibility index (Phi) is 7.60. The summed E-state index contributed by atoms with van der Waals surface area (Å²) in [5, 5.41) is 2.82. The Morgan fingerprint density at radius 3 is 2.13 bits per heavy atom. The van der Waals surface area contributed by atoms with Crippen LogP contribution in [0.25, 0.3) is 0 Å². The van der Waals surface area contributed by atoms with Crippen molar-refractivity contribution in [3.8, 4) is 0 Å². The molecule has 0 unspecified atom stereocenters. The molecular weight excluding hydrogens is 400 g/mol. The molecule has 2 N–H and O–H groups in total. The first kappa shape index (κ1) is 23.8. The lowest BCUT2D eigenvalue weighted by Crippen LogP contribution is -2.31. The number of pyridine rings is 1. The predicted molar refractivity (Wildman–Crippen MR) is 120 cm³/mol. The van der Waals surface area contributed by atoms with E-state index in [1.54, 1.807) is 6.20 Å². The molecule has 0 saturated carbocycles. The molecule has 0 aliphatic rings. The van der Waals surface area contributed by atoms with E-state index in [2.05, 4.69) is 15.0 Å². The summed E-state index contributed by atoms with van der Waals surface area (Å²) in [5.41, 5.74) is 5.50. The van der Waals surface area contributed by atoms with Crippen molar-refractivity contribution >= 4 is 21.7 Å². The summed E-state index contributed by atoms with van der Waals surface area (Å²) >= 11 is 0. The number of hydrogen-bond donors (Lipinski definition) is 2. The molecule has 0 fully saturated rings. The first-order valence-corrected chi connectivity index (χ1v) is 11.4. The quantitative estimate of drug-likeness (QED) is 0.669. The Balaban J connectivity index is 1.98. The third kappa shape index (κ3) is 5.37. The van der Waals surface area contributed by atoms with E-state index in [0.717, 1.165) is 39.2 Å². The molecule has 0 spiro atoms. The monoisotopic (exact) mass is 432 g/mol. The van der Waals surface area contributed by atoms with Crippen molar-refractivity contribution in [1.82, 2.24) is 15.0 Å². The Labute approximate surface area is 180 Å². The van der Waals surface area contributed by atoms with Crippen LogP contribution >= 0.6 is 0 Å². The van der Waals surface area contributed by atoms with Gasteiger partial charge in [-0.15, -0.1) is 0 Å². The summed E-state index contributed by atoms with van der Waals surface area (Å²) in [4.78, 5) is 18.6. The number of rotatable bonds is 8. The predicted octanol–water partition coefficient (Wildman–Crippen LogP) is 2.67. The van der Waals surface area contributed by atoms with Crippen LogP contribution in [0.4, 0.5) is 5.82 Å². The molecule has 2 aromatic rings. The zero-order chi connectivity index (χ0) is 22.6. The van der Waals surface area contributed by atoms with Crippen molar-refractivity contribution in [2.24, 2.45) is 0 Å². The number of benzene rings is 1. The van der Waals surface area contributed by atoms with Gasteiger partial charge in [0.1, 0.15) is 5.82 Å². The van der Waals surface area contributed by atoms with Gasteiger partial charge in [-0.25, -0.2) is 18.1 Å². The lowest BCUT2D eigenvalue weighted by molar-refractivity contribution is -0.121. The smallest absolute Gasteiger partial charge is 0.241 e. The van der Waals surface area contributed by atoms with Gasteiger partial charge in [0.2, 0.25) is 15.9 Å². The summed E-state index contributed by atoms with van der Waals surface area (Å²) in [5.74, 6) is 0.592. The molecule has 2 rings (SSSR count). The zero-order valence-corrected chi connectivity index (χ0v) is 19.7. The van der Waals surface area contributed by atoms with Crippen LogP contribution in [0.1, 0.15) is 39.8 Å². The number of sulfonamides is 1. The van der Waals surface area contributed by atoms with Crippen molar-refractivity contribution in [2.75, 3.05) is 25.5 Å². The highest BCUT2D eigenvalue weighted by Crippen LogP contribution is 2.29. The molecule has 0 aliphatic heterocycles. The van der Waals surface area contributed by atoms with Crippen LogP contribution < -0.4 is 14.9 Å². The van der Waals surface area contributed by atoms with Crippen LogP contribution in [0.2, 0.25) is 0 Å². The van der Waals surface area contributed by atoms with Crippen molar-refractivity contribution in [2.45, 2.75) is 52.5 Å². The van der Waals surface area contributed by atoms with Crippen LogP contribution in [-0.4, -0.2) is 39.9 Å². The fourth-order valence-electron chi connectivity index (χ4n) is 3.34. The van der Waals surface area contributed by atoms with Crippen LogP contribution in [0.5, 0.6) is 0 Å². The van der Waals surface area contributed by atoms with Crippen molar-refractivity contribution in [3.05, 3.63) is 51.7 Å². The minimum absolute atomic E-state index is 0.0400. The van der Waals surface area contributed by atoms with Crippen LogP contribution in [-0.2, 0) is 21.4 Å². The van der Waals surface area contributed by atoms with Crippen LogP contribution in [0.15, 0.2) is 23.2 Å². The van der Waals surface area contributed by atoms with Crippen LogP contribution in [0.3, 0.4) is 0 Å². The number of carbonyl (C=O) groups excluding carboxylic acids is 1. The molecule has 8 heteroatoms. The molecule has 1 heterocycles. The molecular formula is C22H32N4O3S. The summed E-state index contributed by atoms with van der Waals surface area (Å²) in [6.45, 7) is 9.93. The minimum atomic E-state index is -3.71. The molecule has 0 aliphatic carbocycles. The van der Waals surface area contributed by atoms with Crippen molar-refractivity contribution in [1.29, 1.82) is 0 Å². The largest absolute Gasteiger partial charge is 0.363 e. The molecule has 0 atom stereocenters. The number of hydrogen-bond acceptors (Lipinski definition) is 5. The molecule has 164 valence electrons. The third-order valence-electron chi connectivity index (χ3n) is 5.60. The Morgan fingerprint density at radius 1 is 1.00 bits per heavy atom. The molecule has 0 saturated heterocycles. The highest BCUT2D eigenvalue weighted by molar-refractivity contribution is 7.89. The first-order valence-electron chi connectivity index (χ1n) is 9.91. The van der Waals surface area contributed by atoms with E-state index in [-0.39, 0.29) is 18.9 Å². The average molecular weight is 433 g/mol. The van der Waals surface area contributed by atoms with E-state index >= 15 is 0 Å². The summed E-state index contributed by atoms with van der Waals surface area (Å²) < 4.78 is 28.4. The number of nitrogens with zero attached hydrogens (tertiary/aromatic N) is 2. The van der Waals surface area contributed by atoms with Gasteiger partial charge in [-0.2, -0.15) is 0 Å². The van der Waals surface area contributed by atoms with E-state index in [0.29, 0.717) is 11.4 Å². The highest BCUT2D eigenvalue weighted by atomic mass is 32.2. The number of aromatic nitrogens is 1. The maximum absolute atomic E-state index is 12.9. The van der Waals surface area contributed by atoms with Gasteiger partial charge in [0, 0.05) is 39.8 Å². The number of carbonyl (C=O) groups is 1. The lowest BCUT2D eigenvalue weighted by Gasteiger charge is -2.19. The fourth-order valence-corrected chi connectivity index (χ4v) is 4.97. The average Bonchev–Trinajstić information content (AvgIpc) is 2.69. The first-order chi connectivity index (χ1) is 14.0. The Morgan fingerprint density at radius 2 is 1.57 bits per heavy atom. The Bertz CT molecular complexity index is 1020. The number of nitrogens with one attached hydrogen (secondary N) is 2. The molecule has 7 nitrogen and oxygen atoms in total. The van der Waals surface area contributed by atoms with Gasteiger partial charge in [0.05, 0.1) is 4.90 Å². The highest BCUT2D eigenvalue weighted by Gasteiger charge is 2.23. The van der Waals surface area contributed by atoms with Crippen LogP contribution in [0, 0.1) is 34.6 Å². The molecule has 0 bridgehead atoms.